The molecule has 0 aromatic carbocycles. The number of Topliss-reactive ketones (excluding diaryl/α,β-unsaturated/α-hetero) is 1. The molecule has 0 aromatic rings. The number of aliphatic carboxylic acids is 1. The number of esters is 1. The molecule has 0 aliphatic heterocycles. The van der Waals surface area contributed by atoms with E-state index < -0.39 is 19.1 Å². The molecule has 1 fully saturated rings. The summed E-state index contributed by atoms with van der Waals surface area (Å²) in [5.41, 5.74) is 18.6. The summed E-state index contributed by atoms with van der Waals surface area (Å²) in [5, 5.41) is 51.8. The third-order valence-corrected chi connectivity index (χ3v) is 21.2. The number of carboxylic acids is 1. The molecular formula is C109H146Cl2N5O10P. The third kappa shape index (κ3) is 74.1. The van der Waals surface area contributed by atoms with Crippen LogP contribution in [0, 0.1) is 56.7 Å². The lowest BCUT2D eigenvalue weighted by molar-refractivity contribution is -0.138. The van der Waals surface area contributed by atoms with Gasteiger partial charge in [0, 0.05) is 41.8 Å². The Morgan fingerprint density at radius 3 is 1.09 bits per heavy atom. The van der Waals surface area contributed by atoms with E-state index in [-0.39, 0.29) is 11.1 Å². The number of carbonyl (C=O) groups is 7. The number of aldehydes is 4. The van der Waals surface area contributed by atoms with Crippen molar-refractivity contribution in [2.45, 2.75) is 294 Å². The van der Waals surface area contributed by atoms with Crippen molar-refractivity contribution < 1.29 is 48.0 Å². The van der Waals surface area contributed by atoms with Gasteiger partial charge < -0.3 is 14.4 Å². The molecule has 0 spiro atoms. The molecule has 8 rings (SSSR count). The van der Waals surface area contributed by atoms with Crippen molar-refractivity contribution in [3.05, 3.63) is 282 Å². The Balaban J connectivity index is -0.00000136. The Hall–Kier alpha value is -10.7. The Bertz CT molecular complexity index is 4470. The number of hydrogen-bond donors (Lipinski definition) is 1. The molecule has 8 aliphatic rings. The molecule has 0 atom stereocenters. The summed E-state index contributed by atoms with van der Waals surface area (Å²) in [6.45, 7) is 27.5. The maximum atomic E-state index is 11.3. The van der Waals surface area contributed by atoms with Gasteiger partial charge in [-0.1, -0.05) is 226 Å². The number of ketones is 1. The topological polar surface area (TPSA) is 285 Å². The van der Waals surface area contributed by atoms with E-state index in [2.05, 4.69) is 104 Å². The Morgan fingerprint density at radius 1 is 0.465 bits per heavy atom. The van der Waals surface area contributed by atoms with E-state index in [1.165, 1.54) is 179 Å². The first-order valence-corrected chi connectivity index (χ1v) is 48.3. The molecule has 1 saturated carbocycles. The van der Waals surface area contributed by atoms with Crippen LogP contribution in [-0.2, 0) is 42.9 Å². The van der Waals surface area contributed by atoms with E-state index in [0.29, 0.717) is 36.1 Å². The number of ether oxygens (including phenoxy) is 1. The normalized spacial score (nSPS) is 17.1. The molecule has 127 heavy (non-hydrogen) atoms. The third-order valence-electron chi connectivity index (χ3n) is 19.6. The lowest BCUT2D eigenvalue weighted by Crippen LogP contribution is -2.07. The summed E-state index contributed by atoms with van der Waals surface area (Å²) >= 11 is 10.5. The van der Waals surface area contributed by atoms with Gasteiger partial charge >= 0.3 is 11.9 Å². The first-order chi connectivity index (χ1) is 60.9. The Labute approximate surface area is 775 Å². The van der Waals surface area contributed by atoms with Gasteiger partial charge in [-0.15, -0.1) is 0 Å². The largest absolute Gasteiger partial charge is 0.477 e. The second-order valence-electron chi connectivity index (χ2n) is 31.9. The SMILES string of the molecule is C/C(=C\CC#N)CP(C)(C)=O.C=CCl.CC(/C=C/C1=CCCCC1)=C(\C#N)C(=O)O.CC(/C=C/C1=CCCCC1)=C\C#N.CC(/C=C/C1=CCCCC1)=C\C=O.CC(/C=C/C=C(C)/C=C/C1=CCCCC1)=C\C#N.CC(/C=C/C=C(C)/C=C/C1=CCCCC1)=C\C=O.CCOC(=O)C(C#N)=C(C)C.O=C1CCCCC1.O=CC1=C(Cl)CCCC1.O=CC1=CCCCC1. The van der Waals surface area contributed by atoms with Gasteiger partial charge in [0.05, 0.1) is 38.4 Å². The second-order valence-corrected chi connectivity index (χ2v) is 36.2. The minimum Gasteiger partial charge on any atom is -0.477 e. The highest BCUT2D eigenvalue weighted by atomic mass is 35.5. The molecule has 1 N–H and O–H groups in total. The number of nitriles is 5. The minimum atomic E-state index is -1.94. The summed E-state index contributed by atoms with van der Waals surface area (Å²) in [6, 6.07) is 9.55. The number of hydrogen-bond acceptors (Lipinski definition) is 14. The highest BCUT2D eigenvalue weighted by Crippen LogP contribution is 2.38. The summed E-state index contributed by atoms with van der Waals surface area (Å²) in [5.74, 6) is -1.23. The fourth-order valence-corrected chi connectivity index (χ4v) is 14.1. The first kappa shape index (κ1) is 120. The number of halogens is 2. The molecular weight excluding hydrogens is 1640 g/mol. The van der Waals surface area contributed by atoms with E-state index in [1.807, 2.05) is 108 Å². The highest BCUT2D eigenvalue weighted by molar-refractivity contribution is 7.62. The number of carbonyl (C=O) groups excluding carboxylic acids is 6. The van der Waals surface area contributed by atoms with Gasteiger partial charge in [-0.2, -0.15) is 26.3 Å². The summed E-state index contributed by atoms with van der Waals surface area (Å²) in [6.07, 6.45) is 97.2. The molecule has 0 amide bonds. The lowest BCUT2D eigenvalue weighted by atomic mass is 9.98. The van der Waals surface area contributed by atoms with Crippen LogP contribution < -0.4 is 0 Å². The van der Waals surface area contributed by atoms with Crippen LogP contribution in [0.1, 0.15) is 294 Å². The van der Waals surface area contributed by atoms with Gasteiger partial charge in [-0.25, -0.2) is 9.59 Å². The lowest BCUT2D eigenvalue weighted by Gasteiger charge is -2.09. The zero-order valence-electron chi connectivity index (χ0n) is 78.7. The number of carboxylic acid groups (broad SMARTS) is 1. The molecule has 0 aromatic heterocycles. The van der Waals surface area contributed by atoms with Crippen LogP contribution in [-0.4, -0.2) is 74.1 Å². The highest BCUT2D eigenvalue weighted by Gasteiger charge is 2.13. The monoisotopic (exact) mass is 1790 g/mol. The molecule has 0 heterocycles. The van der Waals surface area contributed by atoms with Gasteiger partial charge in [0.2, 0.25) is 0 Å². The van der Waals surface area contributed by atoms with Crippen molar-refractivity contribution in [1.82, 2.24) is 0 Å². The quantitative estimate of drug-likeness (QED) is 0.0179. The van der Waals surface area contributed by atoms with E-state index >= 15 is 0 Å². The molecule has 15 nitrogen and oxygen atoms in total. The van der Waals surface area contributed by atoms with Crippen LogP contribution in [0.25, 0.3) is 0 Å². The van der Waals surface area contributed by atoms with Gasteiger partial charge in [-0.3, -0.25) is 24.0 Å². The molecule has 0 bridgehead atoms. The van der Waals surface area contributed by atoms with Gasteiger partial charge in [0.1, 0.15) is 54.2 Å². The van der Waals surface area contributed by atoms with E-state index in [0.717, 1.165) is 146 Å². The van der Waals surface area contributed by atoms with E-state index in [9.17, 15) is 38.1 Å². The average Bonchev–Trinajstić information content (AvgIpc) is 0.853. The van der Waals surface area contributed by atoms with Gasteiger partial charge in [0.25, 0.3) is 0 Å². The summed E-state index contributed by atoms with van der Waals surface area (Å²) in [4.78, 5) is 72.8. The maximum Gasteiger partial charge on any atom is 0.348 e. The average molecular weight is 1790 g/mol. The fourth-order valence-electron chi connectivity index (χ4n) is 12.5. The second kappa shape index (κ2) is 82.3. The fraction of sp³-hybridized carbons (Fsp3) is 0.450. The standard InChI is InChI=1S/C17H21N.C17H22O.C13H15NO2.C12H15N.C12H16O.C8H11NO2.C8H14NOP.C7H9ClO.C7H10O.C6H10O.C2H3Cl/c2*1-15(7-6-8-16(2)13-14-18)11-12-17-9-4-3-5-10-17;1-10(12(9-14)13(15)16)7-8-11-5-3-2-4-6-11;2*1-11(9-10-13)7-8-12-5-3-2-4-6-12;1-4-11-8(10)7(5-9)6(2)3;1-8(5-4-6-9)7-11(2,3)10;8-7-4-2-1-3-6(7)5-9;8-6-7-4-2-1-3-5-7;7-6-4-2-1-3-5-6;1-2-3/h6-9,11-13H,3-5,10H2,1-2H3;6-9,11-14H,3-5,10H2,1-2H3;5,7-8H,2-4,6H2,1H3,(H,15,16);5,7-9H,2-4,6H2,1H3;5,7-10H,2-4,6H2,1H3;4H2,1-3H3;5H,4,7H2,1-3H3;5H,1-4H2;4,6H,1-3,5H2;1-5H2;2H,1H2/b2*8-6+,12-11+,15-7+,16-13+;8-7+,12-10-;2*8-7+,11-9+;;8-5+;;;;. The van der Waals surface area contributed by atoms with Crippen LogP contribution in [0.5, 0.6) is 0 Å². The zero-order valence-corrected chi connectivity index (χ0v) is 81.1. The Morgan fingerprint density at radius 2 is 0.803 bits per heavy atom. The van der Waals surface area contributed by atoms with Crippen molar-refractivity contribution in [3.63, 3.8) is 0 Å². The van der Waals surface area contributed by atoms with Crippen molar-refractivity contribution in [1.29, 1.82) is 26.3 Å². The minimum absolute atomic E-state index is 0.104. The predicted octanol–water partition coefficient (Wildman–Crippen LogP) is 30.1. The van der Waals surface area contributed by atoms with Crippen LogP contribution in [0.3, 0.4) is 0 Å². The molecule has 686 valence electrons. The molecule has 0 saturated heterocycles. The number of allylic oxidation sites excluding steroid dienone is 44. The van der Waals surface area contributed by atoms with Crippen LogP contribution in [0.2, 0.25) is 0 Å². The van der Waals surface area contributed by atoms with Crippen molar-refractivity contribution in [2.75, 3.05) is 26.1 Å². The Kier molecular flexibility index (Phi) is 78.1. The number of rotatable bonds is 24. The van der Waals surface area contributed by atoms with Crippen LogP contribution in [0.4, 0.5) is 0 Å². The van der Waals surface area contributed by atoms with Crippen molar-refractivity contribution >= 4 is 73.2 Å². The molecule has 0 unspecified atom stereocenters. The first-order valence-electron chi connectivity index (χ1n) is 44.7. The van der Waals surface area contributed by atoms with Gasteiger partial charge in [0.15, 0.2) is 0 Å². The maximum absolute atomic E-state index is 11.3. The van der Waals surface area contributed by atoms with Crippen LogP contribution in [0.15, 0.2) is 282 Å². The molecule has 18 heteroatoms. The van der Waals surface area contributed by atoms with Crippen LogP contribution >= 0.6 is 30.3 Å². The summed E-state index contributed by atoms with van der Waals surface area (Å²) < 4.78 is 15.9. The molecule has 0 radical (unpaired) electrons. The summed E-state index contributed by atoms with van der Waals surface area (Å²) in [7, 11) is -1.94. The number of nitrogens with zero attached hydrogens (tertiary/aromatic N) is 5. The van der Waals surface area contributed by atoms with Gasteiger partial charge in [-0.05, 0) is 333 Å². The molecule has 8 aliphatic carbocycles. The zero-order chi connectivity index (χ0) is 95.5. The van der Waals surface area contributed by atoms with E-state index in [1.54, 1.807) is 83.5 Å². The smallest absolute Gasteiger partial charge is 0.348 e. The van der Waals surface area contributed by atoms with Crippen molar-refractivity contribution in [2.24, 2.45) is 0 Å². The van der Waals surface area contributed by atoms with Crippen molar-refractivity contribution in [3.8, 4) is 30.3 Å². The predicted molar refractivity (Wildman–Crippen MR) is 532 cm³/mol. The van der Waals surface area contributed by atoms with E-state index in [4.69, 9.17) is 54.6 Å².